The van der Waals surface area contributed by atoms with Gasteiger partial charge < -0.3 is 15.6 Å². The summed E-state index contributed by atoms with van der Waals surface area (Å²) in [5.74, 6) is 0.0531. The molecule has 0 spiro atoms. The van der Waals surface area contributed by atoms with Gasteiger partial charge in [-0.15, -0.1) is 0 Å². The summed E-state index contributed by atoms with van der Waals surface area (Å²) < 4.78 is 0. The summed E-state index contributed by atoms with van der Waals surface area (Å²) in [6.07, 6.45) is 4.53. The van der Waals surface area contributed by atoms with E-state index in [0.717, 1.165) is 62.1 Å². The Morgan fingerprint density at radius 3 is 2.47 bits per heavy atom. The third-order valence-corrected chi connectivity index (χ3v) is 6.08. The summed E-state index contributed by atoms with van der Waals surface area (Å²) in [6.45, 7) is 12.6. The molecular weight excluding hydrogens is 376 g/mol. The van der Waals surface area contributed by atoms with Crippen molar-refractivity contribution in [3.05, 3.63) is 44.7 Å². The van der Waals surface area contributed by atoms with E-state index < -0.39 is 0 Å². The Hall–Kier alpha value is -2.60. The van der Waals surface area contributed by atoms with Gasteiger partial charge in [0, 0.05) is 37.1 Å². The largest absolute Gasteiger partial charge is 0.398 e. The van der Waals surface area contributed by atoms with Crippen LogP contribution in [0, 0.1) is 0 Å². The van der Waals surface area contributed by atoms with Crippen LogP contribution in [0.1, 0.15) is 62.0 Å². The van der Waals surface area contributed by atoms with Crippen molar-refractivity contribution in [1.29, 1.82) is 0 Å². The third kappa shape index (κ3) is 4.43. The number of anilines is 1. The standard InChI is InChI=1S/C24H34N4O2/c1-5-8-27-9-11-28(12-10-27)24(30)18-15-19-21(14-17(18)7-3)26-23(29)20(22(19)25)13-16(4)6-2/h13-15H,5-12H2,1-4H3,(H3,25,26,29)/b16-13-. The van der Waals surface area contributed by atoms with Crippen molar-refractivity contribution in [2.75, 3.05) is 38.5 Å². The third-order valence-electron chi connectivity index (χ3n) is 6.08. The Morgan fingerprint density at radius 2 is 1.87 bits per heavy atom. The second-order valence-electron chi connectivity index (χ2n) is 8.17. The summed E-state index contributed by atoms with van der Waals surface area (Å²) in [5.41, 5.74) is 10.5. The number of amides is 1. The van der Waals surface area contributed by atoms with Gasteiger partial charge in [0.25, 0.3) is 11.5 Å². The monoisotopic (exact) mass is 410 g/mol. The molecule has 6 nitrogen and oxygen atoms in total. The molecule has 1 aromatic heterocycles. The van der Waals surface area contributed by atoms with Crippen LogP contribution in [0.4, 0.5) is 5.69 Å². The van der Waals surface area contributed by atoms with E-state index in [-0.39, 0.29) is 11.5 Å². The van der Waals surface area contributed by atoms with Gasteiger partial charge in [0.15, 0.2) is 0 Å². The van der Waals surface area contributed by atoms with Gasteiger partial charge in [-0.05, 0) is 56.5 Å². The Labute approximate surface area is 178 Å². The number of piperazine rings is 1. The number of pyridine rings is 1. The highest BCUT2D eigenvalue weighted by molar-refractivity contribution is 6.03. The van der Waals surface area contributed by atoms with Crippen LogP contribution in [0.2, 0.25) is 0 Å². The molecule has 2 heterocycles. The van der Waals surface area contributed by atoms with E-state index in [9.17, 15) is 9.59 Å². The number of aryl methyl sites for hydroxylation is 1. The topological polar surface area (TPSA) is 82.4 Å². The van der Waals surface area contributed by atoms with Crippen molar-refractivity contribution in [3.63, 3.8) is 0 Å². The van der Waals surface area contributed by atoms with E-state index in [2.05, 4.69) is 16.8 Å². The van der Waals surface area contributed by atoms with Gasteiger partial charge in [-0.2, -0.15) is 0 Å². The number of carbonyl (C=O) groups is 1. The minimum absolute atomic E-state index is 0.0531. The maximum absolute atomic E-state index is 13.4. The van der Waals surface area contributed by atoms with Crippen LogP contribution >= 0.6 is 0 Å². The first-order valence-corrected chi connectivity index (χ1v) is 11.1. The fourth-order valence-corrected chi connectivity index (χ4v) is 4.07. The lowest BCUT2D eigenvalue weighted by molar-refractivity contribution is 0.0636. The number of hydrogen-bond donors (Lipinski definition) is 2. The van der Waals surface area contributed by atoms with E-state index in [1.54, 1.807) is 0 Å². The molecule has 0 saturated carbocycles. The predicted molar refractivity (Wildman–Crippen MR) is 125 cm³/mol. The van der Waals surface area contributed by atoms with Gasteiger partial charge in [-0.1, -0.05) is 26.3 Å². The number of aromatic amines is 1. The zero-order valence-electron chi connectivity index (χ0n) is 18.7. The lowest BCUT2D eigenvalue weighted by atomic mass is 9.98. The lowest BCUT2D eigenvalue weighted by Gasteiger charge is -2.35. The Morgan fingerprint density at radius 1 is 1.17 bits per heavy atom. The maximum atomic E-state index is 13.4. The maximum Gasteiger partial charge on any atom is 0.257 e. The molecule has 30 heavy (non-hydrogen) atoms. The number of nitrogens with one attached hydrogen (secondary N) is 1. The first kappa shape index (κ1) is 22.1. The molecule has 1 aliphatic heterocycles. The van der Waals surface area contributed by atoms with Crippen LogP contribution in [0.5, 0.6) is 0 Å². The number of rotatable bonds is 6. The molecule has 0 aliphatic carbocycles. The molecule has 0 radical (unpaired) electrons. The molecule has 1 fully saturated rings. The fraction of sp³-hybridized carbons (Fsp3) is 0.500. The Kier molecular flexibility index (Phi) is 6.98. The summed E-state index contributed by atoms with van der Waals surface area (Å²) in [4.78, 5) is 33.3. The molecule has 0 bridgehead atoms. The molecule has 162 valence electrons. The average Bonchev–Trinajstić information content (AvgIpc) is 2.76. The molecular formula is C24H34N4O2. The average molecular weight is 411 g/mol. The van der Waals surface area contributed by atoms with Gasteiger partial charge >= 0.3 is 0 Å². The molecule has 2 aromatic rings. The van der Waals surface area contributed by atoms with Crippen LogP contribution in [-0.2, 0) is 6.42 Å². The van der Waals surface area contributed by atoms with Gasteiger partial charge in [0.05, 0.1) is 16.8 Å². The normalized spacial score (nSPS) is 15.7. The lowest BCUT2D eigenvalue weighted by Crippen LogP contribution is -2.48. The number of nitrogens with two attached hydrogens (primary N) is 1. The number of aromatic nitrogens is 1. The fourth-order valence-electron chi connectivity index (χ4n) is 4.07. The number of benzene rings is 1. The highest BCUT2D eigenvalue weighted by atomic mass is 16.2. The molecule has 3 rings (SSSR count). The molecule has 1 aromatic carbocycles. The van der Waals surface area contributed by atoms with Crippen LogP contribution in [0.25, 0.3) is 17.0 Å². The van der Waals surface area contributed by atoms with Gasteiger partial charge in [0.1, 0.15) is 0 Å². The second kappa shape index (κ2) is 9.47. The van der Waals surface area contributed by atoms with E-state index in [4.69, 9.17) is 5.73 Å². The highest BCUT2D eigenvalue weighted by Crippen LogP contribution is 2.27. The number of hydrogen-bond acceptors (Lipinski definition) is 4. The zero-order valence-corrected chi connectivity index (χ0v) is 18.7. The quantitative estimate of drug-likeness (QED) is 0.761. The number of carbonyl (C=O) groups excluding carboxylic acids is 1. The van der Waals surface area contributed by atoms with E-state index in [1.807, 2.05) is 43.9 Å². The number of H-pyrrole nitrogens is 1. The molecule has 6 heteroatoms. The summed E-state index contributed by atoms with van der Waals surface area (Å²) >= 11 is 0. The van der Waals surface area contributed by atoms with Crippen LogP contribution < -0.4 is 11.3 Å². The van der Waals surface area contributed by atoms with Crippen molar-refractivity contribution in [1.82, 2.24) is 14.8 Å². The van der Waals surface area contributed by atoms with E-state index >= 15 is 0 Å². The predicted octanol–water partition coefficient (Wildman–Crippen LogP) is 3.65. The highest BCUT2D eigenvalue weighted by Gasteiger charge is 2.24. The van der Waals surface area contributed by atoms with Crippen molar-refractivity contribution < 1.29 is 4.79 Å². The van der Waals surface area contributed by atoms with Gasteiger partial charge in [-0.3, -0.25) is 14.5 Å². The summed E-state index contributed by atoms with van der Waals surface area (Å²) in [5, 5.41) is 0.731. The molecule has 0 atom stereocenters. The molecule has 0 unspecified atom stereocenters. The number of fused-ring (bicyclic) bond motifs is 1. The minimum atomic E-state index is -0.194. The SMILES string of the molecule is CCCN1CCN(C(=O)c2cc3c(N)c(/C=C(/C)CC)c(=O)[nH]c3cc2CC)CC1. The van der Waals surface area contributed by atoms with E-state index in [1.165, 1.54) is 0 Å². The number of nitrogen functional groups attached to an aromatic ring is 1. The minimum Gasteiger partial charge on any atom is -0.398 e. The smallest absolute Gasteiger partial charge is 0.257 e. The first-order chi connectivity index (χ1) is 14.4. The molecule has 1 aliphatic rings. The van der Waals surface area contributed by atoms with Crippen LogP contribution in [0.3, 0.4) is 0 Å². The summed E-state index contributed by atoms with van der Waals surface area (Å²) in [6, 6.07) is 3.78. The number of nitrogens with zero attached hydrogens (tertiary/aromatic N) is 2. The van der Waals surface area contributed by atoms with Crippen molar-refractivity contribution in [2.24, 2.45) is 0 Å². The Balaban J connectivity index is 2.02. The zero-order chi connectivity index (χ0) is 21.8. The first-order valence-electron chi connectivity index (χ1n) is 11.1. The van der Waals surface area contributed by atoms with Crippen LogP contribution in [0.15, 0.2) is 22.5 Å². The molecule has 1 amide bonds. The van der Waals surface area contributed by atoms with Gasteiger partial charge in [0.2, 0.25) is 0 Å². The second-order valence-corrected chi connectivity index (χ2v) is 8.17. The molecule has 1 saturated heterocycles. The van der Waals surface area contributed by atoms with Crippen molar-refractivity contribution in [3.8, 4) is 0 Å². The van der Waals surface area contributed by atoms with Gasteiger partial charge in [-0.25, -0.2) is 0 Å². The van der Waals surface area contributed by atoms with Crippen molar-refractivity contribution in [2.45, 2.75) is 47.0 Å². The number of allylic oxidation sites excluding steroid dienone is 1. The molecule has 3 N–H and O–H groups in total. The van der Waals surface area contributed by atoms with E-state index in [0.29, 0.717) is 28.8 Å². The summed E-state index contributed by atoms with van der Waals surface area (Å²) in [7, 11) is 0. The van der Waals surface area contributed by atoms with Crippen molar-refractivity contribution >= 4 is 28.6 Å². The van der Waals surface area contributed by atoms with Crippen LogP contribution in [-0.4, -0.2) is 53.4 Å². The Bertz CT molecular complexity index is 1010.